The largest absolute Gasteiger partial charge is 0.479 e. The highest BCUT2D eigenvalue weighted by atomic mass is 16.5. The van der Waals surface area contributed by atoms with Crippen molar-refractivity contribution in [2.24, 2.45) is 5.73 Å². The lowest BCUT2D eigenvalue weighted by molar-refractivity contribution is -0.160. The van der Waals surface area contributed by atoms with Gasteiger partial charge in [0.2, 0.25) is 5.54 Å². The van der Waals surface area contributed by atoms with E-state index in [1.165, 1.54) is 14.0 Å². The first kappa shape index (κ1) is 25.2. The molecule has 0 bridgehead atoms. The number of rotatable bonds is 8. The van der Waals surface area contributed by atoms with Gasteiger partial charge in [-0.3, -0.25) is 9.59 Å². The number of carbonyl (C=O) groups is 3. The normalized spacial score (nSPS) is 15.8. The Morgan fingerprint density at radius 2 is 1.53 bits per heavy atom. The number of ketones is 1. The number of H-pyrrole nitrogens is 2. The van der Waals surface area contributed by atoms with Crippen molar-refractivity contribution in [3.8, 4) is 0 Å². The summed E-state index contributed by atoms with van der Waals surface area (Å²) in [7, 11) is 1.32. The standard InChI is InChI=1S/C27H29N3O6/c1-14(23-18(13-21(32)36-4)16-9-5-7-11-19(16)29-23)24-22(17-10-6-8-12-20(17)30-24)26(3,35)27(28,15(2)31)25(33)34/h5-12,14,29-30,35H,13,28H2,1-4H3,(H,33,34)/t14?,26?,27-/m1/s1. The quantitative estimate of drug-likeness (QED) is 0.187. The Morgan fingerprint density at radius 1 is 1.00 bits per heavy atom. The van der Waals surface area contributed by atoms with E-state index >= 15 is 0 Å². The van der Waals surface area contributed by atoms with Crippen LogP contribution in [-0.4, -0.2) is 50.6 Å². The van der Waals surface area contributed by atoms with Gasteiger partial charge < -0.3 is 30.7 Å². The second-order valence-corrected chi connectivity index (χ2v) is 9.24. The van der Waals surface area contributed by atoms with Crippen molar-refractivity contribution >= 4 is 39.5 Å². The minimum absolute atomic E-state index is 0.00946. The van der Waals surface area contributed by atoms with Crippen LogP contribution in [-0.2, 0) is 31.1 Å². The number of methoxy groups -OCH3 is 1. The molecule has 6 N–H and O–H groups in total. The molecule has 3 atom stereocenters. The van der Waals surface area contributed by atoms with E-state index in [-0.39, 0.29) is 12.0 Å². The predicted molar refractivity (Wildman–Crippen MR) is 135 cm³/mol. The van der Waals surface area contributed by atoms with Crippen molar-refractivity contribution < 1.29 is 29.3 Å². The van der Waals surface area contributed by atoms with E-state index in [2.05, 4.69) is 9.97 Å². The molecule has 0 radical (unpaired) electrons. The average Bonchev–Trinajstić information content (AvgIpc) is 3.42. The molecule has 0 spiro atoms. The Labute approximate surface area is 207 Å². The molecule has 188 valence electrons. The number of aliphatic carboxylic acids is 1. The Balaban J connectivity index is 2.01. The molecule has 2 aromatic carbocycles. The third-order valence-electron chi connectivity index (χ3n) is 7.14. The lowest BCUT2D eigenvalue weighted by Gasteiger charge is -2.38. The van der Waals surface area contributed by atoms with Crippen LogP contribution >= 0.6 is 0 Å². The fourth-order valence-electron chi connectivity index (χ4n) is 5.05. The van der Waals surface area contributed by atoms with Crippen molar-refractivity contribution in [1.29, 1.82) is 0 Å². The third kappa shape index (κ3) is 3.68. The van der Waals surface area contributed by atoms with E-state index < -0.39 is 34.8 Å². The fraction of sp³-hybridized carbons (Fsp3) is 0.296. The number of carboxylic acids is 1. The summed E-state index contributed by atoms with van der Waals surface area (Å²) in [5.41, 5.74) is 4.77. The number of nitrogens with two attached hydrogens (primary N) is 1. The van der Waals surface area contributed by atoms with Crippen LogP contribution in [0, 0.1) is 0 Å². The van der Waals surface area contributed by atoms with Crippen LogP contribution in [0.1, 0.15) is 49.2 Å². The Hall–Kier alpha value is -3.95. The molecule has 4 aromatic rings. The highest BCUT2D eigenvalue weighted by molar-refractivity contribution is 6.09. The fourth-order valence-corrected chi connectivity index (χ4v) is 5.05. The van der Waals surface area contributed by atoms with Crippen molar-refractivity contribution in [1.82, 2.24) is 9.97 Å². The molecular formula is C27H29N3O6. The van der Waals surface area contributed by atoms with Crippen LogP contribution in [0.25, 0.3) is 21.8 Å². The van der Waals surface area contributed by atoms with Gasteiger partial charge in [-0.1, -0.05) is 43.3 Å². The minimum atomic E-state index is -2.61. The summed E-state index contributed by atoms with van der Waals surface area (Å²) in [5.74, 6) is -3.43. The molecule has 0 aliphatic heterocycles. The van der Waals surface area contributed by atoms with E-state index in [9.17, 15) is 24.6 Å². The Bertz CT molecular complexity index is 1480. The van der Waals surface area contributed by atoms with Gasteiger partial charge in [0.15, 0.2) is 5.78 Å². The molecule has 4 rings (SSSR count). The number of para-hydroxylation sites is 2. The van der Waals surface area contributed by atoms with E-state index in [0.717, 1.165) is 23.4 Å². The van der Waals surface area contributed by atoms with Crippen LogP contribution < -0.4 is 5.73 Å². The summed E-state index contributed by atoms with van der Waals surface area (Å²) in [6.45, 7) is 4.16. The molecule has 0 amide bonds. The molecule has 0 saturated heterocycles. The van der Waals surface area contributed by atoms with Gasteiger partial charge in [0.05, 0.1) is 13.5 Å². The zero-order valence-electron chi connectivity index (χ0n) is 20.5. The number of Topliss-reactive ketones (excluding diaryl/α,β-unsaturated/α-hetero) is 1. The molecular weight excluding hydrogens is 462 g/mol. The zero-order chi connectivity index (χ0) is 26.4. The van der Waals surface area contributed by atoms with Crippen LogP contribution in [0.15, 0.2) is 48.5 Å². The number of fused-ring (bicyclic) bond motifs is 2. The molecule has 0 saturated carbocycles. The van der Waals surface area contributed by atoms with E-state index in [4.69, 9.17) is 10.5 Å². The van der Waals surface area contributed by atoms with Gasteiger partial charge in [-0.05, 0) is 31.5 Å². The van der Waals surface area contributed by atoms with Gasteiger partial charge in [0, 0.05) is 44.7 Å². The summed E-state index contributed by atoms with van der Waals surface area (Å²) >= 11 is 0. The van der Waals surface area contributed by atoms with Gasteiger partial charge >= 0.3 is 11.9 Å². The first-order valence-electron chi connectivity index (χ1n) is 11.5. The lowest BCUT2D eigenvalue weighted by Crippen LogP contribution is -2.67. The Kier molecular flexibility index (Phi) is 6.24. The molecule has 9 heteroatoms. The van der Waals surface area contributed by atoms with Crippen molar-refractivity contribution in [3.63, 3.8) is 0 Å². The predicted octanol–water partition coefficient (Wildman–Crippen LogP) is 3.10. The number of hydrogen-bond donors (Lipinski definition) is 5. The number of nitrogens with one attached hydrogen (secondary N) is 2. The van der Waals surface area contributed by atoms with Crippen molar-refractivity contribution in [3.05, 3.63) is 71.0 Å². The summed E-state index contributed by atoms with van der Waals surface area (Å²) in [5, 5.41) is 23.1. The van der Waals surface area contributed by atoms with E-state index in [1.54, 1.807) is 24.3 Å². The molecule has 9 nitrogen and oxygen atoms in total. The highest BCUT2D eigenvalue weighted by Gasteiger charge is 2.57. The van der Waals surface area contributed by atoms with E-state index in [1.807, 2.05) is 31.2 Å². The summed E-state index contributed by atoms with van der Waals surface area (Å²) in [4.78, 5) is 43.7. The summed E-state index contributed by atoms with van der Waals surface area (Å²) in [6.07, 6.45) is 0.00946. The Morgan fingerprint density at radius 3 is 2.08 bits per heavy atom. The van der Waals surface area contributed by atoms with Crippen LogP contribution in [0.4, 0.5) is 0 Å². The first-order chi connectivity index (χ1) is 16.9. The van der Waals surface area contributed by atoms with Crippen LogP contribution in [0.5, 0.6) is 0 Å². The topological polar surface area (TPSA) is 158 Å². The second kappa shape index (κ2) is 8.92. The smallest absolute Gasteiger partial charge is 0.334 e. The molecule has 2 heterocycles. The lowest BCUT2D eigenvalue weighted by atomic mass is 9.72. The number of esters is 1. The monoisotopic (exact) mass is 491 g/mol. The third-order valence-corrected chi connectivity index (χ3v) is 7.14. The number of carboxylic acid groups (broad SMARTS) is 1. The van der Waals surface area contributed by atoms with Gasteiger partial charge in [-0.25, -0.2) is 4.79 Å². The SMILES string of the molecule is COC(=O)Cc1c(C(C)c2[nH]c3ccccc3c2C(C)(O)[C@@](N)(C(C)=O)C(=O)O)[nH]c2ccccc12. The second-order valence-electron chi connectivity index (χ2n) is 9.24. The van der Waals surface area contributed by atoms with Gasteiger partial charge in [-0.2, -0.15) is 0 Å². The van der Waals surface area contributed by atoms with Crippen LogP contribution in [0.3, 0.4) is 0 Å². The van der Waals surface area contributed by atoms with Gasteiger partial charge in [0.1, 0.15) is 5.60 Å². The number of carbonyl (C=O) groups excluding carboxylic acids is 2. The maximum absolute atomic E-state index is 12.5. The van der Waals surface area contributed by atoms with Crippen molar-refractivity contribution in [2.45, 2.75) is 44.2 Å². The average molecular weight is 492 g/mol. The molecule has 0 aliphatic rings. The minimum Gasteiger partial charge on any atom is -0.479 e. The highest BCUT2D eigenvalue weighted by Crippen LogP contribution is 2.43. The van der Waals surface area contributed by atoms with E-state index in [0.29, 0.717) is 22.3 Å². The number of hydrogen-bond acceptors (Lipinski definition) is 6. The maximum Gasteiger partial charge on any atom is 0.334 e. The zero-order valence-corrected chi connectivity index (χ0v) is 20.5. The molecule has 2 unspecified atom stereocenters. The van der Waals surface area contributed by atoms with Gasteiger partial charge in [0.25, 0.3) is 0 Å². The maximum atomic E-state index is 12.5. The number of benzene rings is 2. The number of aromatic nitrogens is 2. The summed E-state index contributed by atoms with van der Waals surface area (Å²) < 4.78 is 4.92. The van der Waals surface area contributed by atoms with Gasteiger partial charge in [-0.15, -0.1) is 0 Å². The van der Waals surface area contributed by atoms with Crippen LogP contribution in [0.2, 0.25) is 0 Å². The van der Waals surface area contributed by atoms with Crippen molar-refractivity contribution in [2.75, 3.05) is 7.11 Å². The molecule has 36 heavy (non-hydrogen) atoms. The molecule has 0 fully saturated rings. The summed E-state index contributed by atoms with van der Waals surface area (Å²) in [6, 6.07) is 14.6. The number of aromatic amines is 2. The first-order valence-corrected chi connectivity index (χ1v) is 11.5. The molecule has 0 aliphatic carbocycles. The number of ether oxygens (including phenoxy) is 1. The number of aliphatic hydroxyl groups is 1. The molecule has 2 aromatic heterocycles.